The second kappa shape index (κ2) is 11.4. The molecule has 0 aliphatic carbocycles. The van der Waals surface area contributed by atoms with Crippen molar-refractivity contribution in [2.45, 2.75) is 19.5 Å². The van der Waals surface area contributed by atoms with Gasteiger partial charge in [0.05, 0.1) is 0 Å². The smallest absolute Gasteiger partial charge is 0.429 e. The second-order valence-electron chi connectivity index (χ2n) is 9.29. The SMILES string of the molecule is CCc1cnc(-c2ccc(-c3cc(F)c(C(F)(F)Oc4ccc(-c5cc(F)c(F)c(F)c5)c(F)c4)c(F)c3)c(F)c2)nc1. The van der Waals surface area contributed by atoms with E-state index in [1.54, 1.807) is 12.4 Å². The van der Waals surface area contributed by atoms with E-state index in [2.05, 4.69) is 14.7 Å². The fourth-order valence-corrected chi connectivity index (χ4v) is 4.28. The van der Waals surface area contributed by atoms with Crippen LogP contribution in [0.5, 0.6) is 5.75 Å². The largest absolute Gasteiger partial charge is 0.432 e. The number of hydrogen-bond acceptors (Lipinski definition) is 3. The summed E-state index contributed by atoms with van der Waals surface area (Å²) in [7, 11) is 0. The minimum atomic E-state index is -4.68. The lowest BCUT2D eigenvalue weighted by atomic mass is 10.00. The number of benzene rings is 4. The average molecular weight is 604 g/mol. The number of hydrogen-bond donors (Lipinski definition) is 0. The van der Waals surface area contributed by atoms with E-state index >= 15 is 0 Å². The minimum Gasteiger partial charge on any atom is -0.429 e. The maximum absolute atomic E-state index is 14.9. The van der Waals surface area contributed by atoms with Crippen LogP contribution in [-0.2, 0) is 12.5 Å². The number of aromatic nitrogens is 2. The Hall–Kier alpha value is -4.87. The fourth-order valence-electron chi connectivity index (χ4n) is 4.28. The molecule has 12 heteroatoms. The molecule has 0 radical (unpaired) electrons. The summed E-state index contributed by atoms with van der Waals surface area (Å²) >= 11 is 0. The van der Waals surface area contributed by atoms with Gasteiger partial charge in [0.25, 0.3) is 0 Å². The Kier molecular flexibility index (Phi) is 7.87. The zero-order valence-electron chi connectivity index (χ0n) is 21.8. The van der Waals surface area contributed by atoms with Crippen molar-refractivity contribution in [3.63, 3.8) is 0 Å². The number of aryl methyl sites for hydroxylation is 1. The third kappa shape index (κ3) is 5.90. The molecule has 0 saturated heterocycles. The maximum Gasteiger partial charge on any atom is 0.432 e. The van der Waals surface area contributed by atoms with Crippen molar-refractivity contribution in [3.8, 4) is 39.4 Å². The maximum atomic E-state index is 14.9. The Balaban J connectivity index is 1.41. The van der Waals surface area contributed by atoms with Crippen molar-refractivity contribution >= 4 is 0 Å². The number of ether oxygens (including phenoxy) is 1. The van der Waals surface area contributed by atoms with E-state index in [0.29, 0.717) is 36.8 Å². The summed E-state index contributed by atoms with van der Waals surface area (Å²) in [6.07, 6.45) is -0.859. The molecule has 0 spiro atoms. The van der Waals surface area contributed by atoms with Gasteiger partial charge >= 0.3 is 6.11 Å². The molecule has 0 amide bonds. The lowest BCUT2D eigenvalue weighted by Crippen LogP contribution is -2.25. The van der Waals surface area contributed by atoms with Crippen LogP contribution in [0.3, 0.4) is 0 Å². The number of halogens is 9. The van der Waals surface area contributed by atoms with Gasteiger partial charge in [0.15, 0.2) is 23.3 Å². The number of nitrogens with zero attached hydrogens (tertiary/aromatic N) is 2. The van der Waals surface area contributed by atoms with Crippen molar-refractivity contribution < 1.29 is 44.3 Å². The summed E-state index contributed by atoms with van der Waals surface area (Å²) in [6, 6.07) is 7.53. The van der Waals surface area contributed by atoms with Gasteiger partial charge in [-0.05, 0) is 65.6 Å². The molecule has 4 aromatic carbocycles. The van der Waals surface area contributed by atoms with Crippen LogP contribution in [-0.4, -0.2) is 9.97 Å². The molecule has 0 saturated carbocycles. The zero-order valence-corrected chi connectivity index (χ0v) is 21.8. The molecule has 0 aliphatic heterocycles. The van der Waals surface area contributed by atoms with Crippen molar-refractivity contribution in [2.24, 2.45) is 0 Å². The molecule has 1 aromatic heterocycles. The zero-order chi connectivity index (χ0) is 31.1. The second-order valence-corrected chi connectivity index (χ2v) is 9.29. The molecular formula is C31H17F9N2O. The van der Waals surface area contributed by atoms with Crippen LogP contribution in [0.2, 0.25) is 0 Å². The highest BCUT2D eigenvalue weighted by molar-refractivity contribution is 5.69. The Morgan fingerprint density at radius 1 is 0.605 bits per heavy atom. The number of alkyl halides is 2. The molecule has 1 heterocycles. The molecule has 220 valence electrons. The van der Waals surface area contributed by atoms with Gasteiger partial charge in [0, 0.05) is 35.2 Å². The third-order valence-corrected chi connectivity index (χ3v) is 6.47. The van der Waals surface area contributed by atoms with Crippen LogP contribution in [0.4, 0.5) is 39.5 Å². The molecule has 3 nitrogen and oxygen atoms in total. The average Bonchev–Trinajstić information content (AvgIpc) is 2.95. The van der Waals surface area contributed by atoms with Gasteiger partial charge in [-0.1, -0.05) is 19.1 Å². The first kappa shape index (κ1) is 29.6. The first-order valence-electron chi connectivity index (χ1n) is 12.5. The van der Waals surface area contributed by atoms with E-state index in [4.69, 9.17) is 0 Å². The standard InChI is InChI=1S/C31H17F9N2O/c1-2-15-13-41-30(42-14-15)16-3-5-20(22(32)7-16)17-8-24(34)28(25(35)9-17)31(39,40)43-19-4-6-21(23(33)12-19)18-10-26(36)29(38)27(37)11-18/h3-14H,2H2,1H3. The molecule has 43 heavy (non-hydrogen) atoms. The van der Waals surface area contributed by atoms with Gasteiger partial charge in [-0.2, -0.15) is 8.78 Å². The van der Waals surface area contributed by atoms with Gasteiger partial charge < -0.3 is 4.74 Å². The first-order valence-corrected chi connectivity index (χ1v) is 12.5. The van der Waals surface area contributed by atoms with Crippen LogP contribution in [0, 0.1) is 40.7 Å². The molecule has 0 fully saturated rings. The molecule has 0 atom stereocenters. The normalized spacial score (nSPS) is 11.6. The van der Waals surface area contributed by atoms with E-state index in [1.807, 2.05) is 6.92 Å². The lowest BCUT2D eigenvalue weighted by molar-refractivity contribution is -0.189. The summed E-state index contributed by atoms with van der Waals surface area (Å²) in [5, 5.41) is 0. The van der Waals surface area contributed by atoms with E-state index in [9.17, 15) is 39.5 Å². The van der Waals surface area contributed by atoms with Crippen molar-refractivity contribution in [1.82, 2.24) is 9.97 Å². The monoisotopic (exact) mass is 604 g/mol. The highest BCUT2D eigenvalue weighted by Crippen LogP contribution is 2.39. The molecule has 0 bridgehead atoms. The summed E-state index contributed by atoms with van der Waals surface area (Å²) < 4.78 is 134. The van der Waals surface area contributed by atoms with Gasteiger partial charge in [0.1, 0.15) is 34.6 Å². The first-order chi connectivity index (χ1) is 20.4. The van der Waals surface area contributed by atoms with Crippen molar-refractivity contribution in [2.75, 3.05) is 0 Å². The Morgan fingerprint density at radius 3 is 1.60 bits per heavy atom. The quantitative estimate of drug-likeness (QED) is 0.137. The van der Waals surface area contributed by atoms with Crippen LogP contribution < -0.4 is 4.74 Å². The molecule has 0 unspecified atom stereocenters. The van der Waals surface area contributed by atoms with Crippen LogP contribution in [0.1, 0.15) is 18.1 Å². The minimum absolute atomic E-state index is 0.202. The van der Waals surface area contributed by atoms with Crippen LogP contribution in [0.15, 0.2) is 73.1 Å². The van der Waals surface area contributed by atoms with Gasteiger partial charge in [-0.15, -0.1) is 0 Å². The van der Waals surface area contributed by atoms with E-state index in [0.717, 1.165) is 23.8 Å². The molecule has 5 aromatic rings. The highest BCUT2D eigenvalue weighted by Gasteiger charge is 2.41. The Bertz CT molecular complexity index is 1800. The Labute approximate surface area is 238 Å². The van der Waals surface area contributed by atoms with E-state index < -0.39 is 74.8 Å². The molecule has 0 aliphatic rings. The topological polar surface area (TPSA) is 35.0 Å². The molecular weight excluding hydrogens is 587 g/mol. The predicted octanol–water partition coefficient (Wildman–Crippen LogP) is 9.14. The van der Waals surface area contributed by atoms with Crippen molar-refractivity contribution in [1.29, 1.82) is 0 Å². The molecule has 0 N–H and O–H groups in total. The predicted molar refractivity (Wildman–Crippen MR) is 138 cm³/mol. The molecule has 5 rings (SSSR count). The van der Waals surface area contributed by atoms with Crippen LogP contribution >= 0.6 is 0 Å². The van der Waals surface area contributed by atoms with Gasteiger partial charge in [-0.3, -0.25) is 0 Å². The Morgan fingerprint density at radius 2 is 1.09 bits per heavy atom. The van der Waals surface area contributed by atoms with Crippen LogP contribution in [0.25, 0.3) is 33.6 Å². The summed E-state index contributed by atoms with van der Waals surface area (Å²) in [5.74, 6) is -11.5. The van der Waals surface area contributed by atoms with Gasteiger partial charge in [0.2, 0.25) is 0 Å². The number of rotatable bonds is 7. The summed E-state index contributed by atoms with van der Waals surface area (Å²) in [5.41, 5.74) is -2.33. The van der Waals surface area contributed by atoms with E-state index in [-0.39, 0.29) is 17.0 Å². The highest BCUT2D eigenvalue weighted by atomic mass is 19.3. The van der Waals surface area contributed by atoms with E-state index in [1.165, 1.54) is 12.1 Å². The van der Waals surface area contributed by atoms with Crippen molar-refractivity contribution in [3.05, 3.63) is 125 Å². The fraction of sp³-hybridized carbons (Fsp3) is 0.0968. The third-order valence-electron chi connectivity index (χ3n) is 6.47. The summed E-state index contributed by atoms with van der Waals surface area (Å²) in [4.78, 5) is 8.28. The lowest BCUT2D eigenvalue weighted by Gasteiger charge is -2.20. The van der Waals surface area contributed by atoms with Gasteiger partial charge in [-0.25, -0.2) is 40.7 Å². The summed E-state index contributed by atoms with van der Waals surface area (Å²) in [6.45, 7) is 1.90.